The lowest BCUT2D eigenvalue weighted by molar-refractivity contribution is 0.199. The molecule has 0 aromatic rings. The first-order valence-electron chi connectivity index (χ1n) is 6.08. The van der Waals surface area contributed by atoms with E-state index in [0.717, 1.165) is 38.8 Å². The van der Waals surface area contributed by atoms with E-state index in [1.165, 1.54) is 0 Å². The van der Waals surface area contributed by atoms with Gasteiger partial charge in [-0.05, 0) is 25.8 Å². The zero-order chi connectivity index (χ0) is 11.9. The minimum absolute atomic E-state index is 0.0496. The molecule has 96 valence electrons. The third-order valence-electron chi connectivity index (χ3n) is 3.08. The Labute approximate surface area is 98.7 Å². The van der Waals surface area contributed by atoms with E-state index in [1.54, 1.807) is 7.11 Å². The van der Waals surface area contributed by atoms with Crippen LogP contribution in [0.25, 0.3) is 0 Å². The van der Waals surface area contributed by atoms with E-state index in [2.05, 4.69) is 5.32 Å². The molecule has 1 aliphatic rings. The highest BCUT2D eigenvalue weighted by Crippen LogP contribution is 2.25. The zero-order valence-corrected chi connectivity index (χ0v) is 10.9. The molecule has 1 rings (SSSR count). The van der Waals surface area contributed by atoms with E-state index in [1.807, 2.05) is 0 Å². The first-order valence-corrected chi connectivity index (χ1v) is 7.79. The number of sulfone groups is 1. The van der Waals surface area contributed by atoms with Crippen molar-refractivity contribution in [3.05, 3.63) is 0 Å². The Bertz CT molecular complexity index is 271. The first kappa shape index (κ1) is 13.9. The maximum Gasteiger partial charge on any atom is 0.153 e. The van der Waals surface area contributed by atoms with Crippen molar-refractivity contribution in [3.8, 4) is 0 Å². The Morgan fingerprint density at radius 1 is 1.25 bits per heavy atom. The maximum atomic E-state index is 11.9. The Balaban J connectivity index is 2.11. The van der Waals surface area contributed by atoms with Crippen molar-refractivity contribution in [2.24, 2.45) is 0 Å². The number of hydrogen-bond acceptors (Lipinski definition) is 4. The zero-order valence-electron chi connectivity index (χ0n) is 10.1. The van der Waals surface area contributed by atoms with Gasteiger partial charge >= 0.3 is 0 Å². The molecule has 1 N–H and O–H groups in total. The van der Waals surface area contributed by atoms with Crippen LogP contribution in [0.3, 0.4) is 0 Å². The van der Waals surface area contributed by atoms with Crippen molar-refractivity contribution >= 4 is 9.84 Å². The van der Waals surface area contributed by atoms with Crippen molar-refractivity contribution in [1.29, 1.82) is 0 Å². The molecule has 0 atom stereocenters. The molecule has 1 fully saturated rings. The summed E-state index contributed by atoms with van der Waals surface area (Å²) in [7, 11) is -1.17. The number of hydrogen-bond donors (Lipinski definition) is 1. The summed E-state index contributed by atoms with van der Waals surface area (Å²) in [6, 6.07) is 0. The lowest BCUT2D eigenvalue weighted by Crippen LogP contribution is -2.25. The molecule has 5 heteroatoms. The highest BCUT2D eigenvalue weighted by Gasteiger charge is 2.27. The fraction of sp³-hybridized carbons (Fsp3) is 1.00. The second kappa shape index (κ2) is 7.25. The van der Waals surface area contributed by atoms with E-state index < -0.39 is 9.84 Å². The van der Waals surface area contributed by atoms with Gasteiger partial charge < -0.3 is 10.1 Å². The van der Waals surface area contributed by atoms with Gasteiger partial charge in [0.05, 0.1) is 17.6 Å². The van der Waals surface area contributed by atoms with E-state index in [-0.39, 0.29) is 5.25 Å². The minimum Gasteiger partial charge on any atom is -0.383 e. The van der Waals surface area contributed by atoms with Gasteiger partial charge in [0.1, 0.15) is 0 Å². The van der Waals surface area contributed by atoms with E-state index >= 15 is 0 Å². The van der Waals surface area contributed by atoms with Crippen LogP contribution in [-0.4, -0.2) is 46.2 Å². The highest BCUT2D eigenvalue weighted by molar-refractivity contribution is 7.92. The van der Waals surface area contributed by atoms with E-state index in [0.29, 0.717) is 18.8 Å². The predicted octanol–water partition coefficient (Wildman–Crippen LogP) is 0.970. The molecule has 16 heavy (non-hydrogen) atoms. The Morgan fingerprint density at radius 3 is 2.56 bits per heavy atom. The largest absolute Gasteiger partial charge is 0.383 e. The summed E-state index contributed by atoms with van der Waals surface area (Å²) in [6.07, 6.45) is 4.62. The average molecular weight is 249 g/mol. The maximum absolute atomic E-state index is 11.9. The molecular formula is C11H23NO3S. The molecule has 0 unspecified atom stereocenters. The molecule has 0 saturated heterocycles. The molecule has 0 heterocycles. The van der Waals surface area contributed by atoms with Crippen LogP contribution in [0.4, 0.5) is 0 Å². The van der Waals surface area contributed by atoms with Gasteiger partial charge in [-0.15, -0.1) is 0 Å². The third kappa shape index (κ3) is 4.80. The second-order valence-electron chi connectivity index (χ2n) is 4.37. The van der Waals surface area contributed by atoms with Crippen molar-refractivity contribution in [2.75, 3.05) is 32.6 Å². The summed E-state index contributed by atoms with van der Waals surface area (Å²) < 4.78 is 28.6. The molecule has 0 bridgehead atoms. The quantitative estimate of drug-likeness (QED) is 0.651. The fourth-order valence-corrected chi connectivity index (χ4v) is 4.04. The van der Waals surface area contributed by atoms with Crippen molar-refractivity contribution in [2.45, 2.75) is 37.4 Å². The molecule has 1 saturated carbocycles. The van der Waals surface area contributed by atoms with Crippen LogP contribution in [0.5, 0.6) is 0 Å². The third-order valence-corrected chi connectivity index (χ3v) is 5.42. The molecule has 0 aromatic heterocycles. The highest BCUT2D eigenvalue weighted by atomic mass is 32.2. The normalized spacial score (nSPS) is 18.1. The van der Waals surface area contributed by atoms with E-state index in [4.69, 9.17) is 4.74 Å². The topological polar surface area (TPSA) is 55.4 Å². The lowest BCUT2D eigenvalue weighted by Gasteiger charge is -2.10. The van der Waals surface area contributed by atoms with Gasteiger partial charge in [-0.1, -0.05) is 12.8 Å². The van der Waals surface area contributed by atoms with Gasteiger partial charge in [-0.2, -0.15) is 0 Å². The van der Waals surface area contributed by atoms with Crippen LogP contribution in [-0.2, 0) is 14.6 Å². The second-order valence-corrected chi connectivity index (χ2v) is 6.77. The van der Waals surface area contributed by atoms with Gasteiger partial charge in [0.15, 0.2) is 9.84 Å². The van der Waals surface area contributed by atoms with Crippen LogP contribution >= 0.6 is 0 Å². The van der Waals surface area contributed by atoms with Gasteiger partial charge in [-0.25, -0.2) is 8.42 Å². The molecule has 0 amide bonds. The number of rotatable bonds is 8. The number of methoxy groups -OCH3 is 1. The summed E-state index contributed by atoms with van der Waals surface area (Å²) in [6.45, 7) is 2.23. The Hall–Kier alpha value is -0.130. The SMILES string of the molecule is COCCNCCCS(=O)(=O)C1CCCC1. The number of ether oxygens (including phenoxy) is 1. The molecule has 1 aliphatic carbocycles. The summed E-state index contributed by atoms with van der Waals surface area (Å²) in [4.78, 5) is 0. The summed E-state index contributed by atoms with van der Waals surface area (Å²) >= 11 is 0. The van der Waals surface area contributed by atoms with Gasteiger partial charge in [0.25, 0.3) is 0 Å². The average Bonchev–Trinajstić information content (AvgIpc) is 2.77. The molecule has 0 radical (unpaired) electrons. The first-order chi connectivity index (χ1) is 7.67. The summed E-state index contributed by atoms with van der Waals surface area (Å²) in [5.74, 6) is 0.331. The fourth-order valence-electron chi connectivity index (χ4n) is 2.11. The van der Waals surface area contributed by atoms with Crippen LogP contribution in [0, 0.1) is 0 Å². The smallest absolute Gasteiger partial charge is 0.153 e. The molecule has 0 aromatic carbocycles. The van der Waals surface area contributed by atoms with Crippen molar-refractivity contribution < 1.29 is 13.2 Å². The van der Waals surface area contributed by atoms with Gasteiger partial charge in [0, 0.05) is 13.7 Å². The lowest BCUT2D eigenvalue weighted by atomic mass is 10.4. The van der Waals surface area contributed by atoms with Crippen LogP contribution < -0.4 is 5.32 Å². The Morgan fingerprint density at radius 2 is 1.94 bits per heavy atom. The molecule has 0 spiro atoms. The standard InChI is InChI=1S/C11H23NO3S/c1-15-9-8-12-7-4-10-16(13,14)11-5-2-3-6-11/h11-12H,2-10H2,1H3. The van der Waals surface area contributed by atoms with Crippen LogP contribution in [0.15, 0.2) is 0 Å². The van der Waals surface area contributed by atoms with E-state index in [9.17, 15) is 8.42 Å². The van der Waals surface area contributed by atoms with Crippen molar-refractivity contribution in [3.63, 3.8) is 0 Å². The molecule has 4 nitrogen and oxygen atoms in total. The van der Waals surface area contributed by atoms with Crippen molar-refractivity contribution in [1.82, 2.24) is 5.32 Å². The Kier molecular flexibility index (Phi) is 6.31. The van der Waals surface area contributed by atoms with Crippen LogP contribution in [0.1, 0.15) is 32.1 Å². The molecule has 0 aliphatic heterocycles. The number of nitrogens with one attached hydrogen (secondary N) is 1. The van der Waals surface area contributed by atoms with Crippen LogP contribution in [0.2, 0.25) is 0 Å². The molecular weight excluding hydrogens is 226 g/mol. The predicted molar refractivity (Wildman–Crippen MR) is 65.4 cm³/mol. The van der Waals surface area contributed by atoms with Gasteiger partial charge in [0.2, 0.25) is 0 Å². The minimum atomic E-state index is -2.82. The van der Waals surface area contributed by atoms with Gasteiger partial charge in [-0.3, -0.25) is 0 Å². The summed E-state index contributed by atoms with van der Waals surface area (Å²) in [5, 5.41) is 3.11. The monoisotopic (exact) mass is 249 g/mol. The summed E-state index contributed by atoms with van der Waals surface area (Å²) in [5.41, 5.74) is 0.